The van der Waals surface area contributed by atoms with Gasteiger partial charge in [0.25, 0.3) is 0 Å². The predicted octanol–water partition coefficient (Wildman–Crippen LogP) is 2.36. The number of thiazole rings is 1. The minimum atomic E-state index is 0.504. The molecule has 0 N–H and O–H groups in total. The van der Waals surface area contributed by atoms with Gasteiger partial charge in [0, 0.05) is 10.7 Å². The number of carbonyl (C=O) groups excluding carboxylic acids is 1. The van der Waals surface area contributed by atoms with Crippen LogP contribution in [0.3, 0.4) is 0 Å². The molecule has 1 rings (SSSR count). The van der Waals surface area contributed by atoms with E-state index in [9.17, 15) is 4.79 Å². The molecular formula is C7H6BrNOS. The summed E-state index contributed by atoms with van der Waals surface area (Å²) in [5.41, 5.74) is 0.504. The number of carbonyl (C=O) groups is 1. The lowest BCUT2D eigenvalue weighted by molar-refractivity contribution is 0.111. The van der Waals surface area contributed by atoms with Crippen molar-refractivity contribution in [1.29, 1.82) is 0 Å². The van der Waals surface area contributed by atoms with E-state index >= 15 is 0 Å². The van der Waals surface area contributed by atoms with Gasteiger partial charge in [0.2, 0.25) is 0 Å². The zero-order valence-electron chi connectivity index (χ0n) is 5.66. The number of hydrogen-bond donors (Lipinski definition) is 0. The average molecular weight is 232 g/mol. The maximum absolute atomic E-state index is 10.2. The van der Waals surface area contributed by atoms with Gasteiger partial charge in [-0.15, -0.1) is 11.3 Å². The molecule has 4 heteroatoms. The van der Waals surface area contributed by atoms with Gasteiger partial charge in [-0.3, -0.25) is 4.79 Å². The van der Waals surface area contributed by atoms with E-state index in [0.29, 0.717) is 5.69 Å². The average Bonchev–Trinajstić information content (AvgIpc) is 2.48. The van der Waals surface area contributed by atoms with Gasteiger partial charge in [0.15, 0.2) is 6.29 Å². The normalized spacial score (nSPS) is 10.6. The SMILES string of the molecule is O=Cc1csc(C=CCBr)n1. The molecule has 0 aliphatic carbocycles. The summed E-state index contributed by atoms with van der Waals surface area (Å²) in [5.74, 6) is 0. The van der Waals surface area contributed by atoms with Crippen LogP contribution in [0.4, 0.5) is 0 Å². The largest absolute Gasteiger partial charge is 0.296 e. The number of nitrogens with zero attached hydrogens (tertiary/aromatic N) is 1. The first-order valence-electron chi connectivity index (χ1n) is 3.00. The van der Waals surface area contributed by atoms with Crippen LogP contribution in [0.25, 0.3) is 6.08 Å². The van der Waals surface area contributed by atoms with Crippen molar-refractivity contribution in [2.75, 3.05) is 5.33 Å². The van der Waals surface area contributed by atoms with Crippen LogP contribution in [0.5, 0.6) is 0 Å². The zero-order valence-corrected chi connectivity index (χ0v) is 8.06. The molecule has 0 aliphatic rings. The highest BCUT2D eigenvalue weighted by atomic mass is 79.9. The molecule has 2 nitrogen and oxygen atoms in total. The fraction of sp³-hybridized carbons (Fsp3) is 0.143. The fourth-order valence-corrected chi connectivity index (χ4v) is 1.45. The van der Waals surface area contributed by atoms with E-state index in [1.165, 1.54) is 11.3 Å². The van der Waals surface area contributed by atoms with Crippen molar-refractivity contribution in [3.8, 4) is 0 Å². The lowest BCUT2D eigenvalue weighted by Gasteiger charge is -1.78. The molecule has 0 fully saturated rings. The first-order chi connectivity index (χ1) is 5.36. The van der Waals surface area contributed by atoms with Crippen LogP contribution in [0, 0.1) is 0 Å². The molecule has 0 saturated carbocycles. The van der Waals surface area contributed by atoms with Gasteiger partial charge in [-0.05, 0) is 6.08 Å². The van der Waals surface area contributed by atoms with Crippen LogP contribution in [0.1, 0.15) is 15.5 Å². The van der Waals surface area contributed by atoms with E-state index < -0.39 is 0 Å². The highest BCUT2D eigenvalue weighted by Crippen LogP contribution is 2.09. The molecule has 58 valence electrons. The topological polar surface area (TPSA) is 30.0 Å². The monoisotopic (exact) mass is 231 g/mol. The summed E-state index contributed by atoms with van der Waals surface area (Å²) < 4.78 is 0. The molecule has 0 saturated heterocycles. The van der Waals surface area contributed by atoms with Gasteiger partial charge in [0.1, 0.15) is 10.7 Å². The second kappa shape index (κ2) is 4.41. The molecule has 0 unspecified atom stereocenters. The quantitative estimate of drug-likeness (QED) is 0.591. The molecule has 0 spiro atoms. The minimum absolute atomic E-state index is 0.504. The third-order valence-electron chi connectivity index (χ3n) is 1.01. The fourth-order valence-electron chi connectivity index (χ4n) is 0.577. The van der Waals surface area contributed by atoms with Gasteiger partial charge in [-0.2, -0.15) is 0 Å². The molecule has 1 aromatic rings. The van der Waals surface area contributed by atoms with Gasteiger partial charge in [-0.25, -0.2) is 4.98 Å². The molecule has 0 radical (unpaired) electrons. The van der Waals surface area contributed by atoms with Gasteiger partial charge < -0.3 is 0 Å². The smallest absolute Gasteiger partial charge is 0.169 e. The highest BCUT2D eigenvalue weighted by molar-refractivity contribution is 9.09. The lowest BCUT2D eigenvalue weighted by atomic mass is 10.5. The Hall–Kier alpha value is -0.480. The second-order valence-electron chi connectivity index (χ2n) is 1.79. The number of aromatic nitrogens is 1. The minimum Gasteiger partial charge on any atom is -0.296 e. The summed E-state index contributed by atoms with van der Waals surface area (Å²) in [4.78, 5) is 14.2. The summed E-state index contributed by atoms with van der Waals surface area (Å²) in [6.45, 7) is 0. The number of halogens is 1. The number of alkyl halides is 1. The van der Waals surface area contributed by atoms with E-state index in [-0.39, 0.29) is 0 Å². The summed E-state index contributed by atoms with van der Waals surface area (Å²) >= 11 is 4.72. The van der Waals surface area contributed by atoms with Gasteiger partial charge in [0.05, 0.1) is 0 Å². The van der Waals surface area contributed by atoms with Crippen LogP contribution in [-0.4, -0.2) is 16.6 Å². The number of allylic oxidation sites excluding steroid dienone is 1. The van der Waals surface area contributed by atoms with E-state index in [1.54, 1.807) is 5.38 Å². The molecular weight excluding hydrogens is 226 g/mol. The second-order valence-corrected chi connectivity index (χ2v) is 3.32. The number of hydrogen-bond acceptors (Lipinski definition) is 3. The zero-order chi connectivity index (χ0) is 8.10. The van der Waals surface area contributed by atoms with Crippen LogP contribution >= 0.6 is 27.3 Å². The maximum atomic E-state index is 10.2. The van der Waals surface area contributed by atoms with Crippen LogP contribution in [0.2, 0.25) is 0 Å². The van der Waals surface area contributed by atoms with Crippen molar-refractivity contribution in [3.05, 3.63) is 22.2 Å². The first kappa shape index (κ1) is 8.62. The molecule has 0 bridgehead atoms. The maximum Gasteiger partial charge on any atom is 0.169 e. The standard InChI is InChI=1S/C7H6BrNOS/c8-3-1-2-7-9-6(4-10)5-11-7/h1-2,4-5H,3H2. The van der Waals surface area contributed by atoms with E-state index in [2.05, 4.69) is 20.9 Å². The third-order valence-corrected chi connectivity index (χ3v) is 2.21. The van der Waals surface area contributed by atoms with Crippen LogP contribution in [0.15, 0.2) is 11.5 Å². The lowest BCUT2D eigenvalue weighted by Crippen LogP contribution is -1.77. The van der Waals surface area contributed by atoms with Crippen molar-refractivity contribution in [2.24, 2.45) is 0 Å². The van der Waals surface area contributed by atoms with E-state index in [4.69, 9.17) is 0 Å². The van der Waals surface area contributed by atoms with Gasteiger partial charge in [-0.1, -0.05) is 22.0 Å². The van der Waals surface area contributed by atoms with Crippen molar-refractivity contribution in [3.63, 3.8) is 0 Å². The summed E-state index contributed by atoms with van der Waals surface area (Å²) in [7, 11) is 0. The highest BCUT2D eigenvalue weighted by Gasteiger charge is 1.94. The molecule has 1 heterocycles. The van der Waals surface area contributed by atoms with Crippen LogP contribution in [-0.2, 0) is 0 Å². The van der Waals surface area contributed by atoms with Crippen molar-refractivity contribution in [1.82, 2.24) is 4.98 Å². The van der Waals surface area contributed by atoms with E-state index in [1.807, 2.05) is 12.2 Å². The Kier molecular flexibility index (Phi) is 3.45. The molecule has 0 aliphatic heterocycles. The Morgan fingerprint density at radius 3 is 3.09 bits per heavy atom. The Bertz CT molecular complexity index is 269. The Morgan fingerprint density at radius 1 is 1.73 bits per heavy atom. The van der Waals surface area contributed by atoms with Crippen molar-refractivity contribution >= 4 is 39.6 Å². The summed E-state index contributed by atoms with van der Waals surface area (Å²) in [5, 5.41) is 3.41. The molecule has 0 amide bonds. The molecule has 11 heavy (non-hydrogen) atoms. The predicted molar refractivity (Wildman–Crippen MR) is 50.3 cm³/mol. The Labute approximate surface area is 77.1 Å². The van der Waals surface area contributed by atoms with E-state index in [0.717, 1.165) is 16.6 Å². The summed E-state index contributed by atoms with van der Waals surface area (Å²) in [6.07, 6.45) is 4.57. The third kappa shape index (κ3) is 2.55. The van der Waals surface area contributed by atoms with Crippen molar-refractivity contribution in [2.45, 2.75) is 0 Å². The molecule has 0 atom stereocenters. The first-order valence-corrected chi connectivity index (χ1v) is 5.00. The van der Waals surface area contributed by atoms with Crippen LogP contribution < -0.4 is 0 Å². The van der Waals surface area contributed by atoms with Gasteiger partial charge >= 0.3 is 0 Å². The Balaban J connectivity index is 2.72. The van der Waals surface area contributed by atoms with Crippen molar-refractivity contribution < 1.29 is 4.79 Å². The molecule has 1 aromatic heterocycles. The number of aldehydes is 1. The number of rotatable bonds is 3. The Morgan fingerprint density at radius 2 is 2.55 bits per heavy atom. The summed E-state index contributed by atoms with van der Waals surface area (Å²) in [6, 6.07) is 0. The molecule has 0 aromatic carbocycles.